The molecular formula is C38H34F6N6O3P2S7. The molecule has 5 heterocycles. The molecule has 6 aromatic rings. The van der Waals surface area contributed by atoms with Gasteiger partial charge in [0.05, 0.1) is 39.4 Å². The monoisotopic (exact) mass is 1020 g/mol. The topological polar surface area (TPSA) is 111 Å². The van der Waals surface area contributed by atoms with Gasteiger partial charge < -0.3 is 20.1 Å². The molecule has 0 atom stereocenters. The Morgan fingerprint density at radius 2 is 1.06 bits per heavy atom. The van der Waals surface area contributed by atoms with Crippen molar-refractivity contribution in [1.29, 1.82) is 0 Å². The zero-order valence-electron chi connectivity index (χ0n) is 32.7. The van der Waals surface area contributed by atoms with Crippen LogP contribution in [0, 0.1) is 13.8 Å². The van der Waals surface area contributed by atoms with Crippen molar-refractivity contribution in [1.82, 2.24) is 30.6 Å². The number of benzene rings is 2. The summed E-state index contributed by atoms with van der Waals surface area (Å²) in [5.74, 6) is 0.943. The number of carbonyl (C=O) groups excluding carboxylic acids is 1. The molecule has 2 aromatic carbocycles. The van der Waals surface area contributed by atoms with Crippen molar-refractivity contribution in [2.45, 2.75) is 26.2 Å². The summed E-state index contributed by atoms with van der Waals surface area (Å²) >= 11 is 22.8. The predicted molar refractivity (Wildman–Crippen MR) is 253 cm³/mol. The molecular weight excluding hydrogens is 989 g/mol. The predicted octanol–water partition coefficient (Wildman–Crippen LogP) is 10.9. The molecule has 0 bridgehead atoms. The highest BCUT2D eigenvalue weighted by atomic mass is 33.7. The van der Waals surface area contributed by atoms with Crippen LogP contribution in [0.25, 0.3) is 21.1 Å². The van der Waals surface area contributed by atoms with Crippen LogP contribution in [0.5, 0.6) is 11.5 Å². The Balaban J connectivity index is 0.000000176. The third-order valence-electron chi connectivity index (χ3n) is 7.93. The number of aromatic nitrogens is 4. The molecule has 0 saturated carbocycles. The molecule has 4 aromatic heterocycles. The molecule has 0 spiro atoms. The quantitative estimate of drug-likeness (QED) is 0.0772. The number of rotatable bonds is 10. The highest BCUT2D eigenvalue weighted by Crippen LogP contribution is 3.04. The van der Waals surface area contributed by atoms with Crippen LogP contribution in [0.15, 0.2) is 97.6 Å². The molecule has 2 N–H and O–H groups in total. The fourth-order valence-electron chi connectivity index (χ4n) is 4.97. The van der Waals surface area contributed by atoms with Crippen LogP contribution in [0.2, 0.25) is 0 Å². The fourth-order valence-corrected chi connectivity index (χ4v) is 49.5. The molecule has 9 nitrogen and oxygen atoms in total. The van der Waals surface area contributed by atoms with Crippen LogP contribution >= 0.6 is 65.8 Å². The number of nitrogens with zero attached hydrogens (tertiary/aromatic N) is 4. The maximum atomic E-state index is 12.2. The molecule has 24 heteroatoms. The number of thiazole rings is 2. The Labute approximate surface area is 384 Å². The SMILES string of the molecule is COc1ccc(P2(=S)SP(=S)(c3ccc(OC)cc3)S2)cc1.Cc1nc(-c2cccnc2)sc1C(=O)NCC(F)(F)F.Cc1nc(-c2cccnc2)sc1C(=S)NCC(F)(F)F. The van der Waals surface area contributed by atoms with Gasteiger partial charge in [0.2, 0.25) is 0 Å². The minimum Gasteiger partial charge on any atom is -0.497 e. The molecule has 1 aliphatic rings. The number of ether oxygens (including phenoxy) is 2. The molecule has 1 fully saturated rings. The molecule has 1 amide bonds. The molecule has 328 valence electrons. The second-order valence-corrected chi connectivity index (χ2v) is 36.2. The van der Waals surface area contributed by atoms with Crippen LogP contribution in [0.3, 0.4) is 0 Å². The lowest BCUT2D eigenvalue weighted by molar-refractivity contribution is -0.123. The summed E-state index contributed by atoms with van der Waals surface area (Å²) in [5, 5.41) is 7.70. The fraction of sp³-hybridized carbons (Fsp3) is 0.211. The lowest BCUT2D eigenvalue weighted by Crippen LogP contribution is -2.33. The second kappa shape index (κ2) is 21.5. The largest absolute Gasteiger partial charge is 0.497 e. The molecule has 1 aliphatic heterocycles. The van der Waals surface area contributed by atoms with Gasteiger partial charge in [-0.05, 0) is 86.6 Å². The van der Waals surface area contributed by atoms with Crippen LogP contribution in [0.4, 0.5) is 26.3 Å². The molecule has 0 unspecified atom stereocenters. The van der Waals surface area contributed by atoms with Crippen molar-refractivity contribution >= 4 is 111 Å². The van der Waals surface area contributed by atoms with Crippen LogP contribution in [-0.4, -0.2) is 70.5 Å². The number of amides is 1. The van der Waals surface area contributed by atoms with E-state index < -0.39 is 40.2 Å². The first kappa shape index (κ1) is 49.6. The van der Waals surface area contributed by atoms with Gasteiger partial charge in [0.25, 0.3) is 5.91 Å². The standard InChI is InChI=1S/C14H14O2P2S4.C12H10F3N3OS.C12H10F3N3S2/c1-15-11-3-7-13(8-4-11)17(19)21-18(20,22-17)14-9-5-12(16-2)6-10-14;2*1-7-9(10(19)17-6-12(13,14)15)20-11(18-7)8-3-2-4-16-5-8/h3-10H,1-2H3;2*2-5H,6H2,1H3,(H,17,19). The van der Waals surface area contributed by atoms with E-state index in [1.54, 1.807) is 71.1 Å². The maximum Gasteiger partial charge on any atom is 0.405 e. The number of carbonyl (C=O) groups is 1. The number of alkyl halides is 6. The van der Waals surface area contributed by atoms with Crippen molar-refractivity contribution < 1.29 is 40.6 Å². The van der Waals surface area contributed by atoms with Gasteiger partial charge in [-0.2, -0.15) is 26.3 Å². The molecule has 0 aliphatic carbocycles. The van der Waals surface area contributed by atoms with E-state index in [-0.39, 0.29) is 9.87 Å². The van der Waals surface area contributed by atoms with Gasteiger partial charge in [-0.3, -0.25) is 14.8 Å². The van der Waals surface area contributed by atoms with Gasteiger partial charge >= 0.3 is 12.4 Å². The lowest BCUT2D eigenvalue weighted by Gasteiger charge is -2.40. The van der Waals surface area contributed by atoms with Crippen molar-refractivity contribution in [2.75, 3.05) is 27.3 Å². The number of thiocarbonyl (C=S) groups is 1. The summed E-state index contributed by atoms with van der Waals surface area (Å²) in [6.07, 6.45) is -2.26. The summed E-state index contributed by atoms with van der Waals surface area (Å²) < 4.78 is 79.8. The van der Waals surface area contributed by atoms with E-state index in [1.807, 2.05) is 57.7 Å². The zero-order chi connectivity index (χ0) is 45.3. The average Bonchev–Trinajstić information content (AvgIpc) is 3.84. The van der Waals surface area contributed by atoms with Crippen LogP contribution < -0.4 is 30.7 Å². The van der Waals surface area contributed by atoms with Crippen molar-refractivity contribution in [3.05, 3.63) is 119 Å². The normalized spacial score (nSPS) is 16.9. The summed E-state index contributed by atoms with van der Waals surface area (Å²) in [7, 11) is 3.34. The molecule has 7 rings (SSSR count). The van der Waals surface area contributed by atoms with Gasteiger partial charge in [0.15, 0.2) is 0 Å². The highest BCUT2D eigenvalue weighted by molar-refractivity contribution is 9.48. The average molecular weight is 1020 g/mol. The van der Waals surface area contributed by atoms with E-state index in [9.17, 15) is 31.1 Å². The van der Waals surface area contributed by atoms with Crippen LogP contribution in [-0.2, 0) is 23.6 Å². The number of hydrogen-bond acceptors (Lipinski definition) is 14. The first-order chi connectivity index (χ1) is 29.2. The molecule has 62 heavy (non-hydrogen) atoms. The van der Waals surface area contributed by atoms with E-state index in [4.69, 9.17) is 45.3 Å². The van der Waals surface area contributed by atoms with Crippen molar-refractivity contribution in [3.63, 3.8) is 0 Å². The Bertz CT molecular complexity index is 2380. The van der Waals surface area contributed by atoms with Gasteiger partial charge in [-0.1, -0.05) is 57.8 Å². The summed E-state index contributed by atoms with van der Waals surface area (Å²) in [6, 6.07) is 23.3. The smallest absolute Gasteiger partial charge is 0.405 e. The Hall–Kier alpha value is -3.46. The third-order valence-corrected chi connectivity index (χ3v) is 42.1. The van der Waals surface area contributed by atoms with E-state index in [2.05, 4.69) is 49.5 Å². The molecule has 1 saturated heterocycles. The van der Waals surface area contributed by atoms with E-state index in [1.165, 1.54) is 21.9 Å². The number of nitrogens with one attached hydrogen (secondary N) is 2. The zero-order valence-corrected chi connectivity index (χ0v) is 40.2. The summed E-state index contributed by atoms with van der Waals surface area (Å²) in [4.78, 5) is 28.9. The Morgan fingerprint density at radius 3 is 1.45 bits per heavy atom. The van der Waals surface area contributed by atoms with Gasteiger partial charge in [-0.25, -0.2) is 9.97 Å². The number of halogens is 6. The first-order valence-electron chi connectivity index (χ1n) is 17.6. The van der Waals surface area contributed by atoms with Crippen molar-refractivity contribution in [3.8, 4) is 32.6 Å². The number of hydrogen-bond donors (Lipinski definition) is 2. The number of methoxy groups -OCH3 is 2. The Kier molecular flexibility index (Phi) is 17.2. The van der Waals surface area contributed by atoms with E-state index >= 15 is 0 Å². The van der Waals surface area contributed by atoms with E-state index in [0.29, 0.717) is 26.3 Å². The van der Waals surface area contributed by atoms with Gasteiger partial charge in [0.1, 0.15) is 44.5 Å². The van der Waals surface area contributed by atoms with E-state index in [0.717, 1.165) is 34.0 Å². The molecule has 0 radical (unpaired) electrons. The van der Waals surface area contributed by atoms with Crippen LogP contribution in [0.1, 0.15) is 25.9 Å². The highest BCUT2D eigenvalue weighted by Gasteiger charge is 2.46. The summed E-state index contributed by atoms with van der Waals surface area (Å²) in [5.41, 5.74) is 2.53. The first-order valence-corrected chi connectivity index (χ1v) is 29.3. The minimum absolute atomic E-state index is 0.0625. The lowest BCUT2D eigenvalue weighted by atomic mass is 10.3. The number of pyridine rings is 2. The Morgan fingerprint density at radius 1 is 0.661 bits per heavy atom. The maximum absolute atomic E-state index is 12.2. The third kappa shape index (κ3) is 13.8. The number of aryl methyl sites for hydroxylation is 2. The van der Waals surface area contributed by atoms with Gasteiger partial charge in [-0.15, -0.1) is 22.7 Å². The van der Waals surface area contributed by atoms with Crippen molar-refractivity contribution in [2.24, 2.45) is 0 Å². The second-order valence-electron chi connectivity index (χ2n) is 12.5. The van der Waals surface area contributed by atoms with Gasteiger partial charge in [0, 0.05) is 46.5 Å². The summed E-state index contributed by atoms with van der Waals surface area (Å²) in [6.45, 7) is 0.795. The minimum atomic E-state index is -4.43.